The molecule has 1 fully saturated rings. The Morgan fingerprint density at radius 2 is 1.97 bits per heavy atom. The summed E-state index contributed by atoms with van der Waals surface area (Å²) in [6.07, 6.45) is -1.32. The van der Waals surface area contributed by atoms with Crippen LogP contribution in [0.15, 0.2) is 53.5 Å². The van der Waals surface area contributed by atoms with E-state index in [0.29, 0.717) is 11.6 Å². The number of carbonyl (C=O) groups is 2. The minimum Gasteiger partial charge on any atom is -0.479 e. The number of hydrogen-bond donors (Lipinski definition) is 2. The van der Waals surface area contributed by atoms with Crippen molar-refractivity contribution in [3.05, 3.63) is 71.3 Å². The number of ether oxygens (including phenoxy) is 1. The molecule has 2 aliphatic heterocycles. The number of hydrogen-bond acceptors (Lipinski definition) is 5. The van der Waals surface area contributed by atoms with Crippen molar-refractivity contribution in [1.29, 1.82) is 0 Å². The van der Waals surface area contributed by atoms with Gasteiger partial charge in [0.05, 0.1) is 6.61 Å². The van der Waals surface area contributed by atoms with E-state index < -0.39 is 53.0 Å². The van der Waals surface area contributed by atoms with Crippen molar-refractivity contribution in [3.8, 4) is 0 Å². The summed E-state index contributed by atoms with van der Waals surface area (Å²) in [7, 11) is 0. The van der Waals surface area contributed by atoms with E-state index in [-0.39, 0.29) is 23.8 Å². The summed E-state index contributed by atoms with van der Waals surface area (Å²) in [6.45, 7) is -1.23. The number of aliphatic imine (C=N–C) groups is 1. The summed E-state index contributed by atoms with van der Waals surface area (Å²) < 4.78 is 48.1. The van der Waals surface area contributed by atoms with Gasteiger partial charge in [0, 0.05) is 28.4 Å². The lowest BCUT2D eigenvalue weighted by Crippen LogP contribution is -2.56. The van der Waals surface area contributed by atoms with Gasteiger partial charge in [0.2, 0.25) is 0 Å². The Kier molecular flexibility index (Phi) is 6.25. The Hall–Kier alpha value is -2.85. The minimum absolute atomic E-state index is 0.0436. The van der Waals surface area contributed by atoms with Crippen LogP contribution in [-0.4, -0.2) is 46.8 Å². The van der Waals surface area contributed by atoms with E-state index in [1.54, 1.807) is 30.3 Å². The van der Waals surface area contributed by atoms with Gasteiger partial charge in [0.15, 0.2) is 11.3 Å². The maximum atomic E-state index is 14.9. The zero-order chi connectivity index (χ0) is 22.9. The molecule has 2 N–H and O–H groups in total. The molecule has 0 saturated carbocycles. The van der Waals surface area contributed by atoms with Crippen LogP contribution in [0.2, 0.25) is 0 Å². The van der Waals surface area contributed by atoms with Gasteiger partial charge in [-0.15, -0.1) is 0 Å². The number of thioether (sulfide) groups is 1. The van der Waals surface area contributed by atoms with Crippen LogP contribution < -0.4 is 5.32 Å². The molecule has 0 aromatic heterocycles. The van der Waals surface area contributed by atoms with E-state index >= 15 is 0 Å². The normalized spacial score (nSPS) is 27.2. The highest BCUT2D eigenvalue weighted by atomic mass is 32.2. The number of alkyl halides is 1. The van der Waals surface area contributed by atoms with Gasteiger partial charge in [-0.05, 0) is 24.6 Å². The largest absolute Gasteiger partial charge is 0.479 e. The number of nitrogens with one attached hydrogen (secondary N) is 1. The summed E-state index contributed by atoms with van der Waals surface area (Å²) in [5.41, 5.74) is -1.22. The molecule has 32 heavy (non-hydrogen) atoms. The number of aliphatic carboxylic acids is 1. The van der Waals surface area contributed by atoms with Crippen LogP contribution in [0.1, 0.15) is 22.3 Å². The summed E-state index contributed by atoms with van der Waals surface area (Å²) in [5.74, 6) is -4.16. The molecule has 2 aliphatic rings. The first-order valence-corrected chi connectivity index (χ1v) is 10.7. The van der Waals surface area contributed by atoms with E-state index in [1.165, 1.54) is 6.07 Å². The lowest BCUT2D eigenvalue weighted by atomic mass is 9.72. The average molecular weight is 464 g/mol. The van der Waals surface area contributed by atoms with Crippen molar-refractivity contribution in [2.24, 2.45) is 10.9 Å². The van der Waals surface area contributed by atoms with Crippen LogP contribution in [0.4, 0.5) is 13.2 Å². The first-order chi connectivity index (χ1) is 15.3. The Morgan fingerprint density at radius 3 is 2.62 bits per heavy atom. The third-order valence-corrected chi connectivity index (χ3v) is 6.85. The number of carbonyl (C=O) groups excluding carboxylic acids is 1. The van der Waals surface area contributed by atoms with Gasteiger partial charge in [0.25, 0.3) is 5.91 Å². The molecule has 0 bridgehead atoms. The quantitative estimate of drug-likeness (QED) is 0.723. The minimum atomic E-state index is -1.52. The molecule has 2 aromatic rings. The first-order valence-electron chi connectivity index (χ1n) is 9.83. The maximum absolute atomic E-state index is 14.9. The molecule has 2 aromatic carbocycles. The zero-order valence-electron chi connectivity index (χ0n) is 16.6. The number of fused-ring (bicyclic) bond motifs is 1. The second kappa shape index (κ2) is 8.95. The van der Waals surface area contributed by atoms with Crippen LogP contribution in [0.5, 0.6) is 0 Å². The number of carboxylic acids is 1. The lowest BCUT2D eigenvalue weighted by Gasteiger charge is -2.48. The van der Waals surface area contributed by atoms with Crippen molar-refractivity contribution in [2.45, 2.75) is 23.3 Å². The molecule has 168 valence electrons. The summed E-state index contributed by atoms with van der Waals surface area (Å²) in [4.78, 5) is 28.7. The predicted molar refractivity (Wildman–Crippen MR) is 112 cm³/mol. The average Bonchev–Trinajstić information content (AvgIpc) is 2.78. The van der Waals surface area contributed by atoms with Crippen LogP contribution in [0.25, 0.3) is 0 Å². The third kappa shape index (κ3) is 4.12. The molecule has 6 nitrogen and oxygen atoms in total. The molecule has 4 rings (SSSR count). The second-order valence-electron chi connectivity index (χ2n) is 7.58. The van der Waals surface area contributed by atoms with Crippen LogP contribution in [-0.2, 0) is 15.1 Å². The monoisotopic (exact) mass is 464 g/mol. The van der Waals surface area contributed by atoms with Gasteiger partial charge in [-0.2, -0.15) is 0 Å². The lowest BCUT2D eigenvalue weighted by molar-refractivity contribution is -0.160. The highest BCUT2D eigenvalue weighted by Gasteiger charge is 2.54. The summed E-state index contributed by atoms with van der Waals surface area (Å²) >= 11 is 0.954. The van der Waals surface area contributed by atoms with Crippen molar-refractivity contribution >= 4 is 28.8 Å². The Bertz CT molecular complexity index is 1070. The standard InChI is InChI=1S/C22H19F3N2O4S/c23-10-18-15-9-17(20(29)30)31-11-22(15,14-7-6-13(24)8-16(14)25)27-21(32-18)26-19(28)12-4-2-1-3-5-12/h1-8,15,17-18H,9-11H2,(H,29,30)(H,26,27,28)/t15-,17+,18+,22+/m0/s1. The van der Waals surface area contributed by atoms with Crippen LogP contribution >= 0.6 is 11.8 Å². The summed E-state index contributed by atoms with van der Waals surface area (Å²) in [6, 6.07) is 11.2. The van der Waals surface area contributed by atoms with E-state index in [1.807, 2.05) is 0 Å². The number of amidine groups is 1. The van der Waals surface area contributed by atoms with Crippen molar-refractivity contribution in [2.75, 3.05) is 13.3 Å². The number of amides is 1. The Labute approximate surface area is 185 Å². The number of rotatable bonds is 4. The smallest absolute Gasteiger partial charge is 0.332 e. The van der Waals surface area contributed by atoms with Gasteiger partial charge in [-0.25, -0.2) is 23.0 Å². The van der Waals surface area contributed by atoms with Crippen molar-refractivity contribution in [1.82, 2.24) is 5.32 Å². The predicted octanol–water partition coefficient (Wildman–Crippen LogP) is 3.52. The fourth-order valence-corrected chi connectivity index (χ4v) is 5.36. The molecule has 0 radical (unpaired) electrons. The molecule has 0 aliphatic carbocycles. The zero-order valence-corrected chi connectivity index (χ0v) is 17.4. The molecule has 4 atom stereocenters. The maximum Gasteiger partial charge on any atom is 0.332 e. The number of nitrogens with zero attached hydrogens (tertiary/aromatic N) is 1. The highest BCUT2D eigenvalue weighted by molar-refractivity contribution is 8.14. The first kappa shape index (κ1) is 22.3. The van der Waals surface area contributed by atoms with Gasteiger partial charge in [0.1, 0.15) is 23.8 Å². The fourth-order valence-electron chi connectivity index (χ4n) is 4.14. The second-order valence-corrected chi connectivity index (χ2v) is 8.80. The number of benzene rings is 2. The third-order valence-electron chi connectivity index (χ3n) is 5.68. The van der Waals surface area contributed by atoms with Gasteiger partial charge >= 0.3 is 5.97 Å². The molecule has 1 saturated heterocycles. The van der Waals surface area contributed by atoms with Gasteiger partial charge in [-0.3, -0.25) is 4.79 Å². The Morgan fingerprint density at radius 1 is 1.22 bits per heavy atom. The molecule has 2 heterocycles. The van der Waals surface area contributed by atoms with Gasteiger partial charge in [-0.1, -0.05) is 36.0 Å². The molecule has 10 heteroatoms. The van der Waals surface area contributed by atoms with Crippen LogP contribution in [0, 0.1) is 17.6 Å². The number of halogens is 3. The van der Waals surface area contributed by atoms with E-state index in [4.69, 9.17) is 4.74 Å². The molecule has 1 amide bonds. The van der Waals surface area contributed by atoms with E-state index in [2.05, 4.69) is 10.3 Å². The Balaban J connectivity index is 1.78. The molecular formula is C22H19F3N2O4S. The van der Waals surface area contributed by atoms with Crippen LogP contribution in [0.3, 0.4) is 0 Å². The van der Waals surface area contributed by atoms with Gasteiger partial charge < -0.3 is 15.2 Å². The highest BCUT2D eigenvalue weighted by Crippen LogP contribution is 2.50. The van der Waals surface area contributed by atoms with Crippen molar-refractivity contribution in [3.63, 3.8) is 0 Å². The van der Waals surface area contributed by atoms with E-state index in [9.17, 15) is 27.9 Å². The molecule has 0 spiro atoms. The fraction of sp³-hybridized carbons (Fsp3) is 0.318. The topological polar surface area (TPSA) is 88.0 Å². The summed E-state index contributed by atoms with van der Waals surface area (Å²) in [5, 5.41) is 11.2. The van der Waals surface area contributed by atoms with Crippen molar-refractivity contribution < 1.29 is 32.6 Å². The SMILES string of the molecule is O=C(NC1=N[C@@]2(c3ccc(F)cc3F)CO[C@@H](C(=O)O)C[C@H]2[C@@H](CF)S1)c1ccccc1. The molecule has 0 unspecified atom stereocenters. The molecular weight excluding hydrogens is 445 g/mol. The number of carboxylic acid groups (broad SMARTS) is 1. The van der Waals surface area contributed by atoms with E-state index in [0.717, 1.165) is 17.8 Å².